The summed E-state index contributed by atoms with van der Waals surface area (Å²) in [6.45, 7) is 0.368. The molecule has 1 N–H and O–H groups in total. The summed E-state index contributed by atoms with van der Waals surface area (Å²) in [7, 11) is -2.88. The van der Waals surface area contributed by atoms with Gasteiger partial charge in [0.05, 0.1) is 17.1 Å². The number of halogens is 1. The fourth-order valence-corrected chi connectivity index (χ4v) is 4.14. The van der Waals surface area contributed by atoms with E-state index < -0.39 is 21.6 Å². The molecule has 1 saturated heterocycles. The number of amides is 1. The van der Waals surface area contributed by atoms with Gasteiger partial charge >= 0.3 is 0 Å². The zero-order valence-electron chi connectivity index (χ0n) is 10.4. The molecule has 1 aliphatic heterocycles. The number of carbonyl (C=O) groups is 1. The summed E-state index contributed by atoms with van der Waals surface area (Å²) in [5.74, 6) is -0.477. The van der Waals surface area contributed by atoms with Crippen LogP contribution in [0.1, 0.15) is 23.2 Å². The molecule has 6 heteroatoms. The Hall–Kier alpha value is -1.43. The molecule has 0 aromatic heterocycles. The summed E-state index contributed by atoms with van der Waals surface area (Å²) in [5.41, 5.74) is 0.0153. The second kappa shape index (κ2) is 5.69. The highest BCUT2D eigenvalue weighted by molar-refractivity contribution is 7.91. The zero-order valence-corrected chi connectivity index (χ0v) is 11.2. The van der Waals surface area contributed by atoms with Crippen molar-refractivity contribution in [3.8, 4) is 0 Å². The first-order valence-corrected chi connectivity index (χ1v) is 8.03. The maximum Gasteiger partial charge on any atom is 0.254 e. The summed E-state index contributed by atoms with van der Waals surface area (Å²) in [5, 5.41) is 2.62. The summed E-state index contributed by atoms with van der Waals surface area (Å²) < 4.78 is 35.9. The summed E-state index contributed by atoms with van der Waals surface area (Å²) in [6.07, 6.45) is 1.26. The van der Waals surface area contributed by atoms with Gasteiger partial charge in [0.25, 0.3) is 5.91 Å². The van der Waals surface area contributed by atoms with Gasteiger partial charge in [0.2, 0.25) is 0 Å². The maximum atomic E-state index is 13.3. The first-order chi connectivity index (χ1) is 8.98. The van der Waals surface area contributed by atoms with E-state index in [9.17, 15) is 17.6 Å². The van der Waals surface area contributed by atoms with Crippen LogP contribution < -0.4 is 5.32 Å². The normalized spacial score (nSPS) is 21.2. The molecule has 1 aliphatic rings. The van der Waals surface area contributed by atoms with Gasteiger partial charge in [-0.1, -0.05) is 12.1 Å². The van der Waals surface area contributed by atoms with Crippen LogP contribution in [0.4, 0.5) is 4.39 Å². The Morgan fingerprint density at radius 2 is 2.11 bits per heavy atom. The molecule has 0 aliphatic carbocycles. The van der Waals surface area contributed by atoms with Crippen molar-refractivity contribution in [2.24, 2.45) is 5.92 Å². The molecule has 1 fully saturated rings. The predicted octanol–water partition coefficient (Wildman–Crippen LogP) is 1.38. The van der Waals surface area contributed by atoms with Crippen molar-refractivity contribution >= 4 is 15.7 Å². The molecule has 0 saturated carbocycles. The zero-order chi connectivity index (χ0) is 13.9. The van der Waals surface area contributed by atoms with Crippen molar-refractivity contribution in [3.63, 3.8) is 0 Å². The van der Waals surface area contributed by atoms with Crippen LogP contribution in [0.3, 0.4) is 0 Å². The van der Waals surface area contributed by atoms with Crippen LogP contribution >= 0.6 is 0 Å². The third-order valence-electron chi connectivity index (χ3n) is 3.28. The second-order valence-electron chi connectivity index (χ2n) is 4.79. The third-order valence-corrected chi connectivity index (χ3v) is 5.12. The van der Waals surface area contributed by atoms with Crippen molar-refractivity contribution in [1.29, 1.82) is 0 Å². The Labute approximate surface area is 111 Å². The molecular weight excluding hydrogens is 269 g/mol. The van der Waals surface area contributed by atoms with Crippen LogP contribution in [0.5, 0.6) is 0 Å². The fourth-order valence-electron chi connectivity index (χ4n) is 2.23. The second-order valence-corrected chi connectivity index (χ2v) is 7.02. The maximum absolute atomic E-state index is 13.3. The van der Waals surface area contributed by atoms with E-state index >= 15 is 0 Å². The Morgan fingerprint density at radius 3 is 2.74 bits per heavy atom. The van der Waals surface area contributed by atoms with E-state index in [2.05, 4.69) is 5.32 Å². The van der Waals surface area contributed by atoms with Crippen molar-refractivity contribution in [3.05, 3.63) is 35.6 Å². The number of rotatable bonds is 4. The molecule has 1 aromatic carbocycles. The minimum atomic E-state index is -2.88. The van der Waals surface area contributed by atoms with Gasteiger partial charge in [0.1, 0.15) is 5.82 Å². The van der Waals surface area contributed by atoms with Gasteiger partial charge in [-0.25, -0.2) is 12.8 Å². The van der Waals surface area contributed by atoms with Gasteiger partial charge in [-0.15, -0.1) is 0 Å². The quantitative estimate of drug-likeness (QED) is 0.909. The van der Waals surface area contributed by atoms with Crippen molar-refractivity contribution < 1.29 is 17.6 Å². The lowest BCUT2D eigenvalue weighted by atomic mass is 10.1. The number of hydrogen-bond acceptors (Lipinski definition) is 3. The van der Waals surface area contributed by atoms with Crippen LogP contribution in [-0.2, 0) is 9.84 Å². The van der Waals surface area contributed by atoms with Crippen LogP contribution in [0.15, 0.2) is 24.3 Å². The lowest BCUT2D eigenvalue weighted by Crippen LogP contribution is -2.27. The largest absolute Gasteiger partial charge is 0.352 e. The molecule has 104 valence electrons. The summed E-state index contributed by atoms with van der Waals surface area (Å²) >= 11 is 0. The SMILES string of the molecule is O=C(NCCC1CCS(=O)(=O)C1)c1ccccc1F. The van der Waals surface area contributed by atoms with Gasteiger partial charge in [-0.2, -0.15) is 0 Å². The minimum Gasteiger partial charge on any atom is -0.352 e. The molecule has 19 heavy (non-hydrogen) atoms. The standard InChI is InChI=1S/C13H16FNO3S/c14-12-4-2-1-3-11(12)13(16)15-7-5-10-6-8-19(17,18)9-10/h1-4,10H,5-9H2,(H,15,16). The molecule has 2 rings (SSSR count). The highest BCUT2D eigenvalue weighted by Crippen LogP contribution is 2.20. The van der Waals surface area contributed by atoms with Crippen LogP contribution in [0.2, 0.25) is 0 Å². The number of benzene rings is 1. The molecule has 1 amide bonds. The Bertz CT molecular complexity index is 571. The van der Waals surface area contributed by atoms with E-state index in [1.54, 1.807) is 6.07 Å². The Kier molecular flexibility index (Phi) is 4.19. The Morgan fingerprint density at radius 1 is 1.37 bits per heavy atom. The highest BCUT2D eigenvalue weighted by atomic mass is 32.2. The minimum absolute atomic E-state index is 0.0153. The summed E-state index contributed by atoms with van der Waals surface area (Å²) in [6, 6.07) is 5.78. The monoisotopic (exact) mass is 285 g/mol. The number of nitrogens with one attached hydrogen (secondary N) is 1. The Balaban J connectivity index is 1.81. The smallest absolute Gasteiger partial charge is 0.254 e. The fraction of sp³-hybridized carbons (Fsp3) is 0.462. The van der Waals surface area contributed by atoms with E-state index in [1.807, 2.05) is 0 Å². The van der Waals surface area contributed by atoms with Crippen LogP contribution in [0, 0.1) is 11.7 Å². The lowest BCUT2D eigenvalue weighted by molar-refractivity contribution is 0.0948. The molecule has 1 aromatic rings. The van der Waals surface area contributed by atoms with E-state index in [0.717, 1.165) is 0 Å². The first-order valence-electron chi connectivity index (χ1n) is 6.21. The average molecular weight is 285 g/mol. The van der Waals surface area contributed by atoms with Gasteiger partial charge in [-0.3, -0.25) is 4.79 Å². The molecule has 1 unspecified atom stereocenters. The van der Waals surface area contributed by atoms with Crippen LogP contribution in [0.25, 0.3) is 0 Å². The van der Waals surface area contributed by atoms with Crippen molar-refractivity contribution in [2.45, 2.75) is 12.8 Å². The number of carbonyl (C=O) groups excluding carboxylic acids is 1. The van der Waals surface area contributed by atoms with E-state index in [0.29, 0.717) is 19.4 Å². The number of sulfone groups is 1. The van der Waals surface area contributed by atoms with Gasteiger partial charge in [0.15, 0.2) is 9.84 Å². The van der Waals surface area contributed by atoms with E-state index in [1.165, 1.54) is 18.2 Å². The van der Waals surface area contributed by atoms with Gasteiger partial charge in [-0.05, 0) is 30.9 Å². The van der Waals surface area contributed by atoms with Crippen molar-refractivity contribution in [1.82, 2.24) is 5.32 Å². The van der Waals surface area contributed by atoms with Gasteiger partial charge in [0, 0.05) is 6.54 Å². The molecule has 0 radical (unpaired) electrons. The van der Waals surface area contributed by atoms with Crippen LogP contribution in [-0.4, -0.2) is 32.4 Å². The molecule has 0 spiro atoms. The lowest BCUT2D eigenvalue weighted by Gasteiger charge is -2.09. The van der Waals surface area contributed by atoms with Gasteiger partial charge < -0.3 is 5.32 Å². The molecule has 0 bridgehead atoms. The average Bonchev–Trinajstić information content (AvgIpc) is 2.69. The first kappa shape index (κ1) is 14.0. The third kappa shape index (κ3) is 3.76. The van der Waals surface area contributed by atoms with Crippen molar-refractivity contribution in [2.75, 3.05) is 18.1 Å². The van der Waals surface area contributed by atoms with E-state index in [-0.39, 0.29) is 23.0 Å². The summed E-state index contributed by atoms with van der Waals surface area (Å²) in [4.78, 5) is 11.7. The molecule has 1 atom stereocenters. The predicted molar refractivity (Wildman–Crippen MR) is 70.1 cm³/mol. The molecule has 1 heterocycles. The highest BCUT2D eigenvalue weighted by Gasteiger charge is 2.27. The molecule has 4 nitrogen and oxygen atoms in total. The number of hydrogen-bond donors (Lipinski definition) is 1. The molecular formula is C13H16FNO3S. The topological polar surface area (TPSA) is 63.2 Å². The van der Waals surface area contributed by atoms with E-state index in [4.69, 9.17) is 0 Å².